The van der Waals surface area contributed by atoms with Crippen LogP contribution in [0.25, 0.3) is 0 Å². The van der Waals surface area contributed by atoms with E-state index >= 15 is 0 Å². The van der Waals surface area contributed by atoms with Gasteiger partial charge in [-0.15, -0.1) is 0 Å². The summed E-state index contributed by atoms with van der Waals surface area (Å²) in [5.41, 5.74) is 0.471. The molecule has 1 atom stereocenters. The third kappa shape index (κ3) is 2.11. The second-order valence-electron chi connectivity index (χ2n) is 2.90. The Kier molecular flexibility index (Phi) is 3.64. The molecule has 0 amide bonds. The SMILES string of the molecule is CCCn1nccc1C(O)C(=O)OC. The molecule has 0 spiro atoms. The minimum Gasteiger partial charge on any atom is -0.467 e. The molecule has 0 aliphatic heterocycles. The van der Waals surface area contributed by atoms with Crippen LogP contribution in [-0.4, -0.2) is 28.0 Å². The third-order valence-electron chi connectivity index (χ3n) is 1.89. The first-order valence-electron chi connectivity index (χ1n) is 4.48. The zero-order valence-corrected chi connectivity index (χ0v) is 8.30. The lowest BCUT2D eigenvalue weighted by Crippen LogP contribution is -2.18. The van der Waals surface area contributed by atoms with Gasteiger partial charge in [0.2, 0.25) is 0 Å². The van der Waals surface area contributed by atoms with Crippen molar-refractivity contribution in [1.82, 2.24) is 9.78 Å². The number of hydrogen-bond acceptors (Lipinski definition) is 4. The number of nitrogens with zero attached hydrogens (tertiary/aromatic N) is 2. The van der Waals surface area contributed by atoms with Crippen molar-refractivity contribution in [1.29, 1.82) is 0 Å². The van der Waals surface area contributed by atoms with Gasteiger partial charge in [-0.2, -0.15) is 5.10 Å². The molecule has 0 radical (unpaired) electrons. The number of aliphatic hydroxyl groups is 1. The fraction of sp³-hybridized carbons (Fsp3) is 0.556. The van der Waals surface area contributed by atoms with Gasteiger partial charge in [-0.1, -0.05) is 6.92 Å². The van der Waals surface area contributed by atoms with Gasteiger partial charge in [0.25, 0.3) is 0 Å². The van der Waals surface area contributed by atoms with E-state index in [2.05, 4.69) is 9.84 Å². The molecule has 0 aliphatic rings. The van der Waals surface area contributed by atoms with Gasteiger partial charge in [0.1, 0.15) is 0 Å². The Morgan fingerprint density at radius 1 is 1.79 bits per heavy atom. The van der Waals surface area contributed by atoms with E-state index in [1.54, 1.807) is 16.9 Å². The largest absolute Gasteiger partial charge is 0.467 e. The molecule has 1 rings (SSSR count). The van der Waals surface area contributed by atoms with Crippen molar-refractivity contribution in [3.8, 4) is 0 Å². The number of aromatic nitrogens is 2. The molecular weight excluding hydrogens is 184 g/mol. The van der Waals surface area contributed by atoms with Crippen LogP contribution in [0.4, 0.5) is 0 Å². The molecule has 1 unspecified atom stereocenters. The van der Waals surface area contributed by atoms with Crippen molar-refractivity contribution in [3.63, 3.8) is 0 Å². The Bertz CT molecular complexity index is 309. The number of carbonyl (C=O) groups excluding carboxylic acids is 1. The molecule has 14 heavy (non-hydrogen) atoms. The van der Waals surface area contributed by atoms with Gasteiger partial charge in [-0.3, -0.25) is 4.68 Å². The number of rotatable bonds is 4. The second-order valence-corrected chi connectivity index (χ2v) is 2.90. The Morgan fingerprint density at radius 3 is 3.07 bits per heavy atom. The molecule has 5 nitrogen and oxygen atoms in total. The molecule has 0 aliphatic carbocycles. The standard InChI is InChI=1S/C9H14N2O3/c1-3-6-11-7(4-5-10-11)8(12)9(13)14-2/h4-5,8,12H,3,6H2,1-2H3. The highest BCUT2D eigenvalue weighted by Gasteiger charge is 2.21. The fourth-order valence-corrected chi connectivity index (χ4v) is 1.21. The maximum atomic E-state index is 11.1. The summed E-state index contributed by atoms with van der Waals surface area (Å²) in [5, 5.41) is 13.5. The first kappa shape index (κ1) is 10.7. The normalized spacial score (nSPS) is 12.5. The van der Waals surface area contributed by atoms with Crippen LogP contribution in [0.15, 0.2) is 12.3 Å². The molecule has 1 N–H and O–H groups in total. The van der Waals surface area contributed by atoms with Gasteiger partial charge in [0, 0.05) is 12.7 Å². The molecule has 78 valence electrons. The average molecular weight is 198 g/mol. The molecule has 1 aromatic rings. The van der Waals surface area contributed by atoms with E-state index in [0.717, 1.165) is 6.42 Å². The summed E-state index contributed by atoms with van der Waals surface area (Å²) in [4.78, 5) is 11.1. The molecule has 1 heterocycles. The summed E-state index contributed by atoms with van der Waals surface area (Å²) in [6, 6.07) is 1.61. The maximum absolute atomic E-state index is 11.1. The van der Waals surface area contributed by atoms with E-state index in [1.807, 2.05) is 6.92 Å². The summed E-state index contributed by atoms with van der Waals surface area (Å²) in [7, 11) is 1.24. The summed E-state index contributed by atoms with van der Waals surface area (Å²) >= 11 is 0. The van der Waals surface area contributed by atoms with Gasteiger partial charge in [0.05, 0.1) is 12.8 Å². The lowest BCUT2D eigenvalue weighted by atomic mass is 10.2. The van der Waals surface area contributed by atoms with Gasteiger partial charge < -0.3 is 9.84 Å². The van der Waals surface area contributed by atoms with Crippen molar-refractivity contribution in [3.05, 3.63) is 18.0 Å². The van der Waals surface area contributed by atoms with Gasteiger partial charge in [-0.25, -0.2) is 4.79 Å². The van der Waals surface area contributed by atoms with Crippen LogP contribution in [0.2, 0.25) is 0 Å². The molecule has 5 heteroatoms. The van der Waals surface area contributed by atoms with E-state index in [0.29, 0.717) is 12.2 Å². The fourth-order valence-electron chi connectivity index (χ4n) is 1.21. The van der Waals surface area contributed by atoms with E-state index in [1.165, 1.54) is 7.11 Å². The number of esters is 1. The molecular formula is C9H14N2O3. The molecule has 0 bridgehead atoms. The van der Waals surface area contributed by atoms with Gasteiger partial charge in [0.15, 0.2) is 6.10 Å². The Balaban J connectivity index is 2.83. The first-order chi connectivity index (χ1) is 6.70. The number of methoxy groups -OCH3 is 1. The maximum Gasteiger partial charge on any atom is 0.341 e. The minimum atomic E-state index is -1.24. The highest BCUT2D eigenvalue weighted by molar-refractivity contribution is 5.75. The lowest BCUT2D eigenvalue weighted by Gasteiger charge is -2.10. The minimum absolute atomic E-state index is 0.471. The monoisotopic (exact) mass is 198 g/mol. The van der Waals surface area contributed by atoms with Crippen LogP contribution < -0.4 is 0 Å². The molecule has 0 fully saturated rings. The smallest absolute Gasteiger partial charge is 0.341 e. The molecule has 1 aromatic heterocycles. The van der Waals surface area contributed by atoms with Crippen LogP contribution >= 0.6 is 0 Å². The predicted molar refractivity (Wildman–Crippen MR) is 49.5 cm³/mol. The molecule has 0 saturated carbocycles. The van der Waals surface area contributed by atoms with Crippen LogP contribution in [-0.2, 0) is 16.1 Å². The van der Waals surface area contributed by atoms with Gasteiger partial charge >= 0.3 is 5.97 Å². The molecule has 0 saturated heterocycles. The van der Waals surface area contributed by atoms with Crippen LogP contribution in [0, 0.1) is 0 Å². The van der Waals surface area contributed by atoms with Crippen molar-refractivity contribution >= 4 is 5.97 Å². The first-order valence-corrected chi connectivity index (χ1v) is 4.48. The summed E-state index contributed by atoms with van der Waals surface area (Å²) < 4.78 is 6.04. The number of hydrogen-bond donors (Lipinski definition) is 1. The highest BCUT2D eigenvalue weighted by Crippen LogP contribution is 2.13. The zero-order chi connectivity index (χ0) is 10.6. The molecule has 0 aromatic carbocycles. The highest BCUT2D eigenvalue weighted by atomic mass is 16.5. The summed E-state index contributed by atoms with van der Waals surface area (Å²) in [6.45, 7) is 2.67. The predicted octanol–water partition coefficient (Wildman–Crippen LogP) is 0.499. The van der Waals surface area contributed by atoms with Crippen LogP contribution in [0.3, 0.4) is 0 Å². The Morgan fingerprint density at radius 2 is 2.50 bits per heavy atom. The third-order valence-corrected chi connectivity index (χ3v) is 1.89. The number of aliphatic hydroxyl groups excluding tert-OH is 1. The van der Waals surface area contributed by atoms with E-state index in [9.17, 15) is 9.90 Å². The number of aryl methyl sites for hydroxylation is 1. The summed E-state index contributed by atoms with van der Waals surface area (Å²) in [6.07, 6.45) is 1.20. The van der Waals surface area contributed by atoms with E-state index in [4.69, 9.17) is 0 Å². The number of carbonyl (C=O) groups is 1. The van der Waals surface area contributed by atoms with Crippen molar-refractivity contribution < 1.29 is 14.6 Å². The van der Waals surface area contributed by atoms with Crippen LogP contribution in [0.1, 0.15) is 25.1 Å². The topological polar surface area (TPSA) is 64.3 Å². The van der Waals surface area contributed by atoms with E-state index < -0.39 is 12.1 Å². The zero-order valence-electron chi connectivity index (χ0n) is 8.30. The van der Waals surface area contributed by atoms with Crippen LogP contribution in [0.5, 0.6) is 0 Å². The average Bonchev–Trinajstić information content (AvgIpc) is 2.64. The Labute approximate surface area is 82.3 Å². The second kappa shape index (κ2) is 4.76. The lowest BCUT2D eigenvalue weighted by molar-refractivity contribution is -0.151. The van der Waals surface area contributed by atoms with Crippen molar-refractivity contribution in [2.75, 3.05) is 7.11 Å². The quantitative estimate of drug-likeness (QED) is 0.715. The van der Waals surface area contributed by atoms with Gasteiger partial charge in [-0.05, 0) is 12.5 Å². The van der Waals surface area contributed by atoms with E-state index in [-0.39, 0.29) is 0 Å². The van der Waals surface area contributed by atoms with Crippen molar-refractivity contribution in [2.45, 2.75) is 26.0 Å². The van der Waals surface area contributed by atoms with Crippen molar-refractivity contribution in [2.24, 2.45) is 0 Å². The summed E-state index contributed by atoms with van der Waals surface area (Å²) in [5.74, 6) is -0.664. The number of ether oxygens (including phenoxy) is 1. The Hall–Kier alpha value is -1.36.